The molecule has 1 rings (SSSR count). The number of benzene rings is 1. The highest BCUT2D eigenvalue weighted by molar-refractivity contribution is 5.66. The van der Waals surface area contributed by atoms with Gasteiger partial charge in [0.1, 0.15) is 12.3 Å². The fourth-order valence-corrected chi connectivity index (χ4v) is 2.42. The Kier molecular flexibility index (Phi) is 15.9. The van der Waals surface area contributed by atoms with Crippen LogP contribution in [0.15, 0.2) is 18.2 Å². The maximum atomic E-state index is 11.1. The molecule has 192 valence electrons. The number of non-ortho nitro benzene ring substituents is 1. The Morgan fingerprint density at radius 1 is 0.765 bits per heavy atom. The number of nitro benzene ring substituents is 2. The second-order valence-electron chi connectivity index (χ2n) is 6.54. The molecule has 1 aromatic carbocycles. The molecule has 0 aliphatic rings. The standard InChI is InChI=1S/C20H31N3O11/c1-17(24)34-15-14-33-13-12-32-11-10-31-9-8-30-7-6-29-5-4-21-19-3-2-18(22(25)26)16-20(19)23(27)28/h2-3,16,21H,4-15H2,1H3. The normalized spacial score (nSPS) is 10.7. The summed E-state index contributed by atoms with van der Waals surface area (Å²) >= 11 is 0. The molecule has 34 heavy (non-hydrogen) atoms. The zero-order valence-electron chi connectivity index (χ0n) is 19.1. The molecule has 0 bridgehead atoms. The van der Waals surface area contributed by atoms with Crippen LogP contribution in [0.2, 0.25) is 0 Å². The molecule has 0 fully saturated rings. The van der Waals surface area contributed by atoms with Crippen molar-refractivity contribution in [3.8, 4) is 0 Å². The van der Waals surface area contributed by atoms with Crippen molar-refractivity contribution in [3.05, 3.63) is 38.4 Å². The third-order valence-corrected chi connectivity index (χ3v) is 3.97. The van der Waals surface area contributed by atoms with Crippen LogP contribution in [0.1, 0.15) is 6.92 Å². The number of nitrogens with one attached hydrogen (secondary N) is 1. The van der Waals surface area contributed by atoms with Gasteiger partial charge in [0.15, 0.2) is 0 Å². The van der Waals surface area contributed by atoms with E-state index < -0.39 is 9.85 Å². The van der Waals surface area contributed by atoms with Crippen LogP contribution in [-0.4, -0.2) is 95.0 Å². The van der Waals surface area contributed by atoms with Gasteiger partial charge in [-0.25, -0.2) is 0 Å². The summed E-state index contributed by atoms with van der Waals surface area (Å²) < 4.78 is 31.3. The maximum absolute atomic E-state index is 11.1. The van der Waals surface area contributed by atoms with Gasteiger partial charge in [0, 0.05) is 19.5 Å². The largest absolute Gasteiger partial charge is 0.463 e. The minimum absolute atomic E-state index is 0.184. The van der Waals surface area contributed by atoms with Crippen molar-refractivity contribution in [2.75, 3.05) is 84.5 Å². The van der Waals surface area contributed by atoms with Crippen molar-refractivity contribution in [1.82, 2.24) is 0 Å². The Hall–Kier alpha value is -2.91. The van der Waals surface area contributed by atoms with Gasteiger partial charge in [0.25, 0.3) is 11.4 Å². The summed E-state index contributed by atoms with van der Waals surface area (Å²) in [5, 5.41) is 24.6. The lowest BCUT2D eigenvalue weighted by atomic mass is 10.2. The summed E-state index contributed by atoms with van der Waals surface area (Å²) in [5.74, 6) is -0.335. The molecule has 0 heterocycles. The molecule has 0 radical (unpaired) electrons. The molecular weight excluding hydrogens is 458 g/mol. The van der Waals surface area contributed by atoms with Crippen LogP contribution in [0.5, 0.6) is 0 Å². The van der Waals surface area contributed by atoms with Gasteiger partial charge in [-0.15, -0.1) is 0 Å². The van der Waals surface area contributed by atoms with Gasteiger partial charge in [-0.1, -0.05) is 0 Å². The number of hydrogen-bond donors (Lipinski definition) is 1. The van der Waals surface area contributed by atoms with Gasteiger partial charge in [0.05, 0.1) is 82.0 Å². The molecule has 0 aromatic heterocycles. The molecule has 1 N–H and O–H groups in total. The molecule has 0 unspecified atom stereocenters. The van der Waals surface area contributed by atoms with Crippen molar-refractivity contribution in [2.45, 2.75) is 6.92 Å². The molecule has 0 saturated heterocycles. The fourth-order valence-electron chi connectivity index (χ4n) is 2.42. The molecule has 0 amide bonds. The van der Waals surface area contributed by atoms with E-state index in [-0.39, 0.29) is 36.2 Å². The number of hydrogen-bond acceptors (Lipinski definition) is 12. The van der Waals surface area contributed by atoms with E-state index in [1.165, 1.54) is 19.1 Å². The van der Waals surface area contributed by atoms with Crippen molar-refractivity contribution >= 4 is 23.0 Å². The molecule has 1 aromatic rings. The summed E-state index contributed by atoms with van der Waals surface area (Å²) in [4.78, 5) is 31.0. The van der Waals surface area contributed by atoms with E-state index in [4.69, 9.17) is 28.4 Å². The first-order valence-corrected chi connectivity index (χ1v) is 10.6. The van der Waals surface area contributed by atoms with Crippen LogP contribution in [0, 0.1) is 20.2 Å². The SMILES string of the molecule is CC(=O)OCCOCCOCCOCCOCCOCCNc1ccc([N+](=O)[O-])cc1[N+](=O)[O-]. The fraction of sp³-hybridized carbons (Fsp3) is 0.650. The van der Waals surface area contributed by atoms with Crippen LogP contribution in [-0.2, 0) is 33.2 Å². The Labute approximate surface area is 196 Å². The van der Waals surface area contributed by atoms with E-state index in [2.05, 4.69) is 5.32 Å². The Balaban J connectivity index is 1.91. The predicted octanol–water partition coefficient (Wildman–Crippen LogP) is 1.56. The first-order chi connectivity index (χ1) is 16.4. The third-order valence-electron chi connectivity index (χ3n) is 3.97. The number of ether oxygens (including phenoxy) is 6. The number of carbonyl (C=O) groups is 1. The summed E-state index contributed by atoms with van der Waals surface area (Å²) in [6.07, 6.45) is 0. The topological polar surface area (TPSA) is 171 Å². The lowest BCUT2D eigenvalue weighted by Crippen LogP contribution is -2.15. The smallest absolute Gasteiger partial charge is 0.302 e. The average molecular weight is 489 g/mol. The zero-order chi connectivity index (χ0) is 25.0. The number of anilines is 1. The van der Waals surface area contributed by atoms with Crippen LogP contribution in [0.4, 0.5) is 17.1 Å². The second-order valence-corrected chi connectivity index (χ2v) is 6.54. The molecule has 0 aliphatic heterocycles. The molecule has 14 heteroatoms. The molecule has 14 nitrogen and oxygen atoms in total. The highest BCUT2D eigenvalue weighted by Gasteiger charge is 2.18. The minimum Gasteiger partial charge on any atom is -0.463 e. The summed E-state index contributed by atoms with van der Waals surface area (Å²) in [6.45, 7) is 5.66. The Bertz CT molecular complexity index is 748. The average Bonchev–Trinajstić information content (AvgIpc) is 2.80. The number of nitrogens with zero attached hydrogens (tertiary/aromatic N) is 2. The predicted molar refractivity (Wildman–Crippen MR) is 119 cm³/mol. The highest BCUT2D eigenvalue weighted by Crippen LogP contribution is 2.28. The maximum Gasteiger partial charge on any atom is 0.302 e. The Morgan fingerprint density at radius 3 is 1.68 bits per heavy atom. The van der Waals surface area contributed by atoms with Crippen molar-refractivity contribution in [1.29, 1.82) is 0 Å². The summed E-state index contributed by atoms with van der Waals surface area (Å²) in [5.41, 5.74) is -0.530. The summed E-state index contributed by atoms with van der Waals surface area (Å²) in [7, 11) is 0. The Morgan fingerprint density at radius 2 is 1.24 bits per heavy atom. The van der Waals surface area contributed by atoms with E-state index in [1.54, 1.807) is 0 Å². The highest BCUT2D eigenvalue weighted by atomic mass is 16.6. The van der Waals surface area contributed by atoms with Crippen LogP contribution in [0.25, 0.3) is 0 Å². The monoisotopic (exact) mass is 489 g/mol. The van der Waals surface area contributed by atoms with E-state index in [0.29, 0.717) is 66.0 Å². The number of rotatable bonds is 21. The van der Waals surface area contributed by atoms with E-state index in [9.17, 15) is 25.0 Å². The first-order valence-electron chi connectivity index (χ1n) is 10.6. The van der Waals surface area contributed by atoms with Crippen molar-refractivity contribution < 1.29 is 43.1 Å². The molecular formula is C20H31N3O11. The zero-order valence-corrected chi connectivity index (χ0v) is 19.1. The van der Waals surface area contributed by atoms with E-state index in [1.807, 2.05) is 0 Å². The third kappa shape index (κ3) is 14.3. The number of carbonyl (C=O) groups excluding carboxylic acids is 1. The quantitative estimate of drug-likeness (QED) is 0.114. The molecule has 0 saturated carbocycles. The molecule has 0 aliphatic carbocycles. The van der Waals surface area contributed by atoms with Crippen LogP contribution < -0.4 is 5.32 Å². The van der Waals surface area contributed by atoms with E-state index >= 15 is 0 Å². The number of esters is 1. The molecule has 0 atom stereocenters. The minimum atomic E-state index is -0.686. The van der Waals surface area contributed by atoms with Gasteiger partial charge in [-0.05, 0) is 6.07 Å². The lowest BCUT2D eigenvalue weighted by molar-refractivity contribution is -0.393. The number of nitro groups is 2. The van der Waals surface area contributed by atoms with Gasteiger partial charge in [-0.3, -0.25) is 25.0 Å². The van der Waals surface area contributed by atoms with Crippen LogP contribution in [0.3, 0.4) is 0 Å². The van der Waals surface area contributed by atoms with Gasteiger partial charge >= 0.3 is 5.97 Å². The lowest BCUT2D eigenvalue weighted by Gasteiger charge is -2.09. The van der Waals surface area contributed by atoms with Crippen molar-refractivity contribution in [3.63, 3.8) is 0 Å². The van der Waals surface area contributed by atoms with Gasteiger partial charge in [0.2, 0.25) is 0 Å². The van der Waals surface area contributed by atoms with E-state index in [0.717, 1.165) is 6.07 Å². The second kappa shape index (κ2) is 18.5. The summed E-state index contributed by atoms with van der Waals surface area (Å²) in [6, 6.07) is 3.41. The van der Waals surface area contributed by atoms with Gasteiger partial charge in [-0.2, -0.15) is 0 Å². The van der Waals surface area contributed by atoms with Gasteiger partial charge < -0.3 is 33.7 Å². The van der Waals surface area contributed by atoms with Crippen LogP contribution >= 0.6 is 0 Å². The van der Waals surface area contributed by atoms with Crippen molar-refractivity contribution in [2.24, 2.45) is 0 Å². The first kappa shape index (κ1) is 29.1. The molecule has 0 spiro atoms.